The van der Waals surface area contributed by atoms with Crippen LogP contribution in [0.3, 0.4) is 0 Å². The van der Waals surface area contributed by atoms with E-state index in [1.54, 1.807) is 7.11 Å². The lowest BCUT2D eigenvalue weighted by atomic mass is 10.1. The molecular formula is C14H21NO3. The van der Waals surface area contributed by atoms with Gasteiger partial charge in [0.1, 0.15) is 0 Å². The Kier molecular flexibility index (Phi) is 6.05. The second-order valence-electron chi connectivity index (χ2n) is 3.87. The van der Waals surface area contributed by atoms with Gasteiger partial charge in [0.25, 0.3) is 0 Å². The molecule has 0 aliphatic heterocycles. The van der Waals surface area contributed by atoms with E-state index in [1.165, 1.54) is 0 Å². The van der Waals surface area contributed by atoms with Crippen molar-refractivity contribution in [2.45, 2.75) is 26.7 Å². The van der Waals surface area contributed by atoms with Gasteiger partial charge >= 0.3 is 0 Å². The SMILES string of the molecule is CCNC(=O)CCc1ccc(OC)c(OCC)c1. The average Bonchev–Trinajstić information content (AvgIpc) is 2.37. The summed E-state index contributed by atoms with van der Waals surface area (Å²) in [6.45, 7) is 5.11. The van der Waals surface area contributed by atoms with Crippen LogP contribution in [0.4, 0.5) is 0 Å². The summed E-state index contributed by atoms with van der Waals surface area (Å²) in [6, 6.07) is 5.76. The van der Waals surface area contributed by atoms with Crippen LogP contribution in [0, 0.1) is 0 Å². The Morgan fingerprint density at radius 3 is 2.67 bits per heavy atom. The van der Waals surface area contributed by atoms with E-state index in [0.717, 1.165) is 17.1 Å². The van der Waals surface area contributed by atoms with Crippen molar-refractivity contribution in [3.63, 3.8) is 0 Å². The zero-order valence-electron chi connectivity index (χ0n) is 11.3. The smallest absolute Gasteiger partial charge is 0.220 e. The van der Waals surface area contributed by atoms with Crippen LogP contribution >= 0.6 is 0 Å². The predicted molar refractivity (Wildman–Crippen MR) is 71.2 cm³/mol. The molecule has 0 bridgehead atoms. The lowest BCUT2D eigenvalue weighted by Gasteiger charge is -2.11. The highest BCUT2D eigenvalue weighted by molar-refractivity contribution is 5.76. The van der Waals surface area contributed by atoms with E-state index < -0.39 is 0 Å². The van der Waals surface area contributed by atoms with Crippen LogP contribution in [0.5, 0.6) is 11.5 Å². The Labute approximate surface area is 108 Å². The highest BCUT2D eigenvalue weighted by Gasteiger charge is 2.06. The van der Waals surface area contributed by atoms with Crippen molar-refractivity contribution in [3.05, 3.63) is 23.8 Å². The molecule has 0 radical (unpaired) electrons. The van der Waals surface area contributed by atoms with Crippen molar-refractivity contribution in [1.29, 1.82) is 0 Å². The van der Waals surface area contributed by atoms with Gasteiger partial charge in [0.05, 0.1) is 13.7 Å². The summed E-state index contributed by atoms with van der Waals surface area (Å²) in [6.07, 6.45) is 1.20. The minimum Gasteiger partial charge on any atom is -0.493 e. The molecule has 0 unspecified atom stereocenters. The molecule has 100 valence electrons. The van der Waals surface area contributed by atoms with Gasteiger partial charge in [0.15, 0.2) is 11.5 Å². The maximum Gasteiger partial charge on any atom is 0.220 e. The summed E-state index contributed by atoms with van der Waals surface area (Å²) in [5.41, 5.74) is 1.07. The van der Waals surface area contributed by atoms with Gasteiger partial charge < -0.3 is 14.8 Å². The minimum atomic E-state index is 0.0753. The van der Waals surface area contributed by atoms with Crippen LogP contribution in [0.2, 0.25) is 0 Å². The number of benzene rings is 1. The molecule has 18 heavy (non-hydrogen) atoms. The van der Waals surface area contributed by atoms with E-state index in [1.807, 2.05) is 32.0 Å². The zero-order valence-corrected chi connectivity index (χ0v) is 11.3. The van der Waals surface area contributed by atoms with Crippen molar-refractivity contribution in [2.24, 2.45) is 0 Å². The molecule has 0 aromatic heterocycles. The van der Waals surface area contributed by atoms with Gasteiger partial charge in [0, 0.05) is 13.0 Å². The summed E-state index contributed by atoms with van der Waals surface area (Å²) in [4.78, 5) is 11.4. The topological polar surface area (TPSA) is 47.6 Å². The van der Waals surface area contributed by atoms with Crippen LogP contribution < -0.4 is 14.8 Å². The number of ether oxygens (including phenoxy) is 2. The van der Waals surface area contributed by atoms with Gasteiger partial charge in [-0.1, -0.05) is 6.07 Å². The number of hydrogen-bond acceptors (Lipinski definition) is 3. The van der Waals surface area contributed by atoms with Gasteiger partial charge in [-0.2, -0.15) is 0 Å². The number of amides is 1. The number of methoxy groups -OCH3 is 1. The maximum atomic E-state index is 11.4. The molecule has 0 heterocycles. The third-order valence-electron chi connectivity index (χ3n) is 2.54. The number of carbonyl (C=O) groups excluding carboxylic acids is 1. The van der Waals surface area contributed by atoms with Crippen LogP contribution in [0.25, 0.3) is 0 Å². The maximum absolute atomic E-state index is 11.4. The van der Waals surface area contributed by atoms with E-state index in [4.69, 9.17) is 9.47 Å². The van der Waals surface area contributed by atoms with Crippen molar-refractivity contribution in [3.8, 4) is 11.5 Å². The minimum absolute atomic E-state index is 0.0753. The number of aryl methyl sites for hydroxylation is 1. The summed E-state index contributed by atoms with van der Waals surface area (Å²) >= 11 is 0. The van der Waals surface area contributed by atoms with Crippen molar-refractivity contribution < 1.29 is 14.3 Å². The Hall–Kier alpha value is -1.71. The molecule has 0 aliphatic rings. The summed E-state index contributed by atoms with van der Waals surface area (Å²) < 4.78 is 10.7. The Balaban J connectivity index is 2.66. The number of nitrogens with one attached hydrogen (secondary N) is 1. The summed E-state index contributed by atoms with van der Waals surface area (Å²) in [5.74, 6) is 1.53. The lowest BCUT2D eigenvalue weighted by Crippen LogP contribution is -2.22. The third-order valence-corrected chi connectivity index (χ3v) is 2.54. The first kappa shape index (κ1) is 14.4. The van der Waals surface area contributed by atoms with Crippen LogP contribution in [0.1, 0.15) is 25.8 Å². The second kappa shape index (κ2) is 7.58. The molecule has 0 atom stereocenters. The molecular weight excluding hydrogens is 230 g/mol. The fourth-order valence-corrected chi connectivity index (χ4v) is 1.69. The van der Waals surface area contributed by atoms with Crippen molar-refractivity contribution >= 4 is 5.91 Å². The first-order chi connectivity index (χ1) is 8.71. The van der Waals surface area contributed by atoms with E-state index in [2.05, 4.69) is 5.32 Å². The lowest BCUT2D eigenvalue weighted by molar-refractivity contribution is -0.120. The quantitative estimate of drug-likeness (QED) is 0.808. The molecule has 1 aromatic rings. The highest BCUT2D eigenvalue weighted by atomic mass is 16.5. The second-order valence-corrected chi connectivity index (χ2v) is 3.87. The molecule has 0 fully saturated rings. The van der Waals surface area contributed by atoms with E-state index in [0.29, 0.717) is 26.0 Å². The van der Waals surface area contributed by atoms with Gasteiger partial charge in [-0.05, 0) is 38.0 Å². The molecule has 4 heteroatoms. The first-order valence-electron chi connectivity index (χ1n) is 6.27. The van der Waals surface area contributed by atoms with E-state index >= 15 is 0 Å². The average molecular weight is 251 g/mol. The Morgan fingerprint density at radius 2 is 2.06 bits per heavy atom. The Bertz CT molecular complexity index is 391. The Morgan fingerprint density at radius 1 is 1.28 bits per heavy atom. The van der Waals surface area contributed by atoms with Crippen LogP contribution in [-0.4, -0.2) is 26.2 Å². The van der Waals surface area contributed by atoms with Gasteiger partial charge in [-0.25, -0.2) is 0 Å². The van der Waals surface area contributed by atoms with Gasteiger partial charge in [-0.15, -0.1) is 0 Å². The number of rotatable bonds is 7. The molecule has 1 amide bonds. The molecule has 1 rings (SSSR count). The van der Waals surface area contributed by atoms with Crippen LogP contribution in [-0.2, 0) is 11.2 Å². The molecule has 0 spiro atoms. The van der Waals surface area contributed by atoms with Crippen molar-refractivity contribution in [1.82, 2.24) is 5.32 Å². The molecule has 4 nitrogen and oxygen atoms in total. The molecule has 0 saturated carbocycles. The van der Waals surface area contributed by atoms with Gasteiger partial charge in [0.2, 0.25) is 5.91 Å². The molecule has 0 saturated heterocycles. The fourth-order valence-electron chi connectivity index (χ4n) is 1.69. The molecule has 0 aliphatic carbocycles. The third kappa shape index (κ3) is 4.28. The zero-order chi connectivity index (χ0) is 13.4. The monoisotopic (exact) mass is 251 g/mol. The molecule has 1 N–H and O–H groups in total. The molecule has 1 aromatic carbocycles. The highest BCUT2D eigenvalue weighted by Crippen LogP contribution is 2.28. The van der Waals surface area contributed by atoms with Gasteiger partial charge in [-0.3, -0.25) is 4.79 Å². The van der Waals surface area contributed by atoms with E-state index in [9.17, 15) is 4.79 Å². The summed E-state index contributed by atoms with van der Waals surface area (Å²) in [5, 5.41) is 2.78. The van der Waals surface area contributed by atoms with Crippen molar-refractivity contribution in [2.75, 3.05) is 20.3 Å². The van der Waals surface area contributed by atoms with Crippen LogP contribution in [0.15, 0.2) is 18.2 Å². The van der Waals surface area contributed by atoms with E-state index in [-0.39, 0.29) is 5.91 Å². The standard InChI is InChI=1S/C14H21NO3/c1-4-15-14(16)9-7-11-6-8-12(17-3)13(10-11)18-5-2/h6,8,10H,4-5,7,9H2,1-3H3,(H,15,16). The normalized spacial score (nSPS) is 9.94. The first-order valence-corrected chi connectivity index (χ1v) is 6.27. The predicted octanol–water partition coefficient (Wildman–Crippen LogP) is 2.16. The summed E-state index contributed by atoms with van der Waals surface area (Å²) in [7, 11) is 1.62. The number of carbonyl (C=O) groups is 1. The number of hydrogen-bond donors (Lipinski definition) is 1. The fraction of sp³-hybridized carbons (Fsp3) is 0.500. The largest absolute Gasteiger partial charge is 0.493 e.